The lowest BCUT2D eigenvalue weighted by molar-refractivity contribution is -0.0588. The predicted molar refractivity (Wildman–Crippen MR) is 76.7 cm³/mol. The van der Waals surface area contributed by atoms with Crippen LogP contribution >= 0.6 is 15.6 Å². The van der Waals surface area contributed by atoms with E-state index in [2.05, 4.69) is 14.4 Å². The van der Waals surface area contributed by atoms with Crippen LogP contribution in [-0.4, -0.2) is 80.5 Å². The van der Waals surface area contributed by atoms with E-state index < -0.39 is 52.7 Å². The number of aromatic nitrogens is 3. The number of carbonyl (C=O) groups is 1. The number of nitrogens with zero attached hydrogens (tertiary/aromatic N) is 3. The van der Waals surface area contributed by atoms with Gasteiger partial charge in [-0.2, -0.15) is 4.31 Å². The highest BCUT2D eigenvalue weighted by atomic mass is 31.3. The Bertz CT molecular complexity index is 694. The number of hydrogen-bond acceptors (Lipinski definition) is 10. The van der Waals surface area contributed by atoms with Gasteiger partial charge in [0.15, 0.2) is 6.23 Å². The molecule has 0 aromatic carbocycles. The van der Waals surface area contributed by atoms with Crippen LogP contribution in [0.5, 0.6) is 0 Å². The van der Waals surface area contributed by atoms with Crippen LogP contribution in [0.4, 0.5) is 0 Å². The number of aliphatic hydroxyl groups is 3. The fourth-order valence-corrected chi connectivity index (χ4v) is 2.86. The highest BCUT2D eigenvalue weighted by molar-refractivity contribution is 7.60. The van der Waals surface area contributed by atoms with E-state index in [0.717, 1.165) is 11.0 Å². The van der Waals surface area contributed by atoms with Crippen molar-refractivity contribution in [2.75, 3.05) is 6.61 Å². The summed E-state index contributed by atoms with van der Waals surface area (Å²) in [5.41, 5.74) is 4.97. The first kappa shape index (κ1) is 22.8. The largest absolute Gasteiger partial charge is 0.478 e. The number of phosphoric acid groups is 2. The maximum Gasteiger partial charge on any atom is 0.478 e. The van der Waals surface area contributed by atoms with E-state index >= 15 is 0 Å². The average Bonchev–Trinajstić information content (AvgIpc) is 3.02. The van der Waals surface area contributed by atoms with Crippen molar-refractivity contribution in [3.05, 3.63) is 12.2 Å². The van der Waals surface area contributed by atoms with E-state index in [1.165, 1.54) is 0 Å². The standard InChI is InChI=1S/C8H12N4O5.H4O7P2/c9-6(16)7-10-2-12(11-7)8-5(15)4(14)3(1-13)17-8;1-8(2,3)7-9(4,5)6/h2-5,8,13-15H,1H2,(H2,9,16);(H2,1,2,3)(H2,4,5,6)/t3-,4-,5-,8-;/m1./s1. The normalized spacial score (nSPS) is 26.3. The minimum absolute atomic E-state index is 0.220. The van der Waals surface area contributed by atoms with Crippen molar-refractivity contribution in [3.8, 4) is 0 Å². The third-order valence-electron chi connectivity index (χ3n) is 2.72. The minimum Gasteiger partial charge on any atom is -0.394 e. The van der Waals surface area contributed by atoms with Gasteiger partial charge in [-0.25, -0.2) is 18.8 Å². The van der Waals surface area contributed by atoms with Crippen molar-refractivity contribution in [2.45, 2.75) is 24.5 Å². The summed E-state index contributed by atoms with van der Waals surface area (Å²) < 4.78 is 28.5. The summed E-state index contributed by atoms with van der Waals surface area (Å²) in [6.45, 7) is -0.438. The van der Waals surface area contributed by atoms with Crippen molar-refractivity contribution in [2.24, 2.45) is 5.73 Å². The molecule has 150 valence electrons. The third kappa shape index (κ3) is 6.79. The Labute approximate surface area is 144 Å². The molecule has 16 nitrogen and oxygen atoms in total. The van der Waals surface area contributed by atoms with Crippen LogP contribution in [-0.2, 0) is 18.2 Å². The smallest absolute Gasteiger partial charge is 0.394 e. The second-order valence-electron chi connectivity index (χ2n) is 4.70. The number of nitrogens with two attached hydrogens (primary N) is 1. The van der Waals surface area contributed by atoms with Gasteiger partial charge < -0.3 is 45.4 Å². The molecule has 1 aromatic heterocycles. The number of ether oxygens (including phenoxy) is 1. The molecule has 4 atom stereocenters. The second-order valence-corrected chi connectivity index (χ2v) is 7.32. The van der Waals surface area contributed by atoms with Gasteiger partial charge >= 0.3 is 15.6 Å². The minimum atomic E-state index is -5.05. The molecule has 2 rings (SSSR count). The van der Waals surface area contributed by atoms with Crippen LogP contribution in [0, 0.1) is 0 Å². The van der Waals surface area contributed by atoms with E-state index in [0.29, 0.717) is 0 Å². The quantitative estimate of drug-likeness (QED) is 0.211. The highest BCUT2D eigenvalue weighted by Crippen LogP contribution is 2.53. The third-order valence-corrected chi connectivity index (χ3v) is 4.42. The van der Waals surface area contributed by atoms with Crippen molar-refractivity contribution in [3.63, 3.8) is 0 Å². The molecule has 0 radical (unpaired) electrons. The van der Waals surface area contributed by atoms with Gasteiger partial charge in [0.05, 0.1) is 6.61 Å². The lowest BCUT2D eigenvalue weighted by Crippen LogP contribution is -2.33. The van der Waals surface area contributed by atoms with Crippen LogP contribution in [0.15, 0.2) is 6.33 Å². The number of hydrogen-bond donors (Lipinski definition) is 8. The molecule has 0 spiro atoms. The molecule has 0 unspecified atom stereocenters. The highest BCUT2D eigenvalue weighted by Gasteiger charge is 2.44. The van der Waals surface area contributed by atoms with E-state index in [1.54, 1.807) is 0 Å². The molecule has 9 N–H and O–H groups in total. The molecule has 0 saturated carbocycles. The number of amides is 1. The average molecular weight is 422 g/mol. The zero-order valence-electron chi connectivity index (χ0n) is 12.6. The van der Waals surface area contributed by atoms with Gasteiger partial charge in [0.1, 0.15) is 24.6 Å². The molecule has 1 saturated heterocycles. The van der Waals surface area contributed by atoms with Gasteiger partial charge in [-0.05, 0) is 0 Å². The van der Waals surface area contributed by atoms with Crippen LogP contribution in [0.25, 0.3) is 0 Å². The van der Waals surface area contributed by atoms with Crippen molar-refractivity contribution < 1.29 is 57.9 Å². The zero-order valence-corrected chi connectivity index (χ0v) is 14.4. The predicted octanol–water partition coefficient (Wildman–Crippen LogP) is -3.82. The van der Waals surface area contributed by atoms with Gasteiger partial charge in [-0.15, -0.1) is 5.10 Å². The lowest BCUT2D eigenvalue weighted by atomic mass is 10.1. The fourth-order valence-electron chi connectivity index (χ4n) is 1.75. The Morgan fingerprint density at radius 3 is 2.08 bits per heavy atom. The van der Waals surface area contributed by atoms with Crippen molar-refractivity contribution >= 4 is 21.6 Å². The molecule has 1 fully saturated rings. The van der Waals surface area contributed by atoms with Gasteiger partial charge in [0.25, 0.3) is 5.91 Å². The first-order valence-electron chi connectivity index (χ1n) is 6.41. The molecule has 1 amide bonds. The molecular formula is C8H16N4O12P2. The Morgan fingerprint density at radius 2 is 1.77 bits per heavy atom. The summed E-state index contributed by atoms with van der Waals surface area (Å²) in [6, 6.07) is 0. The lowest BCUT2D eigenvalue weighted by Gasteiger charge is -2.13. The molecule has 1 aliphatic rings. The summed E-state index contributed by atoms with van der Waals surface area (Å²) in [6.07, 6.45) is -3.26. The second kappa shape index (κ2) is 8.60. The number of carbonyl (C=O) groups excluding carboxylic acids is 1. The van der Waals surface area contributed by atoms with Crippen LogP contribution < -0.4 is 5.73 Å². The molecule has 2 heterocycles. The first-order valence-corrected chi connectivity index (χ1v) is 9.47. The Kier molecular flexibility index (Phi) is 7.52. The molecule has 0 bridgehead atoms. The summed E-state index contributed by atoms with van der Waals surface area (Å²) in [4.78, 5) is 45.4. The zero-order chi connectivity index (χ0) is 20.3. The van der Waals surface area contributed by atoms with Crippen LogP contribution in [0.2, 0.25) is 0 Å². The molecule has 1 aromatic rings. The Balaban J connectivity index is 0.000000321. The SMILES string of the molecule is NC(=O)c1ncn([C@@H]2O[C@H](CO)[C@@H](O)[C@H]2O)n1.O=P(O)(O)OP(=O)(O)O. The topological polar surface area (TPSA) is 268 Å². The summed E-state index contributed by atoms with van der Waals surface area (Å²) in [5, 5.41) is 31.8. The van der Waals surface area contributed by atoms with E-state index in [-0.39, 0.29) is 5.82 Å². The van der Waals surface area contributed by atoms with Gasteiger partial charge in [0.2, 0.25) is 5.82 Å². The summed E-state index contributed by atoms with van der Waals surface area (Å²) >= 11 is 0. The molecular weight excluding hydrogens is 406 g/mol. The van der Waals surface area contributed by atoms with E-state index in [1.807, 2.05) is 0 Å². The number of aliphatic hydroxyl groups excluding tert-OH is 3. The van der Waals surface area contributed by atoms with Gasteiger partial charge in [-0.3, -0.25) is 4.79 Å². The first-order chi connectivity index (χ1) is 11.7. The Hall–Kier alpha value is -1.29. The maximum absolute atomic E-state index is 10.8. The summed E-state index contributed by atoms with van der Waals surface area (Å²) in [7, 11) is -10.1. The fraction of sp³-hybridized carbons (Fsp3) is 0.625. The van der Waals surface area contributed by atoms with Gasteiger partial charge in [0, 0.05) is 0 Å². The van der Waals surface area contributed by atoms with E-state index in [9.17, 15) is 24.1 Å². The van der Waals surface area contributed by atoms with Crippen molar-refractivity contribution in [1.82, 2.24) is 14.8 Å². The number of primary amides is 1. The molecule has 26 heavy (non-hydrogen) atoms. The Morgan fingerprint density at radius 1 is 1.23 bits per heavy atom. The summed E-state index contributed by atoms with van der Waals surface area (Å²) in [5.74, 6) is -1.03. The molecule has 0 aliphatic carbocycles. The van der Waals surface area contributed by atoms with Crippen LogP contribution in [0.3, 0.4) is 0 Å². The van der Waals surface area contributed by atoms with Gasteiger partial charge in [-0.1, -0.05) is 0 Å². The van der Waals surface area contributed by atoms with E-state index in [4.69, 9.17) is 35.2 Å². The maximum atomic E-state index is 10.8. The molecule has 1 aliphatic heterocycles. The molecule has 18 heteroatoms. The van der Waals surface area contributed by atoms with Crippen molar-refractivity contribution in [1.29, 1.82) is 0 Å². The van der Waals surface area contributed by atoms with Crippen LogP contribution in [0.1, 0.15) is 16.8 Å². The monoisotopic (exact) mass is 422 g/mol. The number of rotatable bonds is 5.